The number of carboxylic acids is 1. The topological polar surface area (TPSA) is 91.1 Å². The first-order chi connectivity index (χ1) is 10.5. The Labute approximate surface area is 128 Å². The molecule has 1 N–H and O–H groups in total. The molecule has 1 aliphatic heterocycles. The van der Waals surface area contributed by atoms with Crippen LogP contribution in [0.15, 0.2) is 23.0 Å². The summed E-state index contributed by atoms with van der Waals surface area (Å²) in [4.78, 5) is 38.0. The first kappa shape index (κ1) is 16.1. The van der Waals surface area contributed by atoms with Gasteiger partial charge in [0.25, 0.3) is 5.91 Å². The lowest BCUT2D eigenvalue weighted by molar-refractivity contribution is -0.145. The molecule has 2 rings (SSSR count). The quantitative estimate of drug-likeness (QED) is 0.902. The van der Waals surface area contributed by atoms with Crippen molar-refractivity contribution >= 4 is 17.8 Å². The number of amides is 2. The Morgan fingerprint density at radius 3 is 2.73 bits per heavy atom. The minimum Gasteiger partial charge on any atom is -0.480 e. The Hall–Kier alpha value is -2.31. The minimum absolute atomic E-state index is 0.0954. The van der Waals surface area contributed by atoms with Gasteiger partial charge in [-0.15, -0.1) is 0 Å². The number of rotatable bonds is 4. The van der Waals surface area contributed by atoms with Crippen LogP contribution >= 0.6 is 0 Å². The van der Waals surface area contributed by atoms with Gasteiger partial charge in [0.05, 0.1) is 11.8 Å². The van der Waals surface area contributed by atoms with Crippen LogP contribution in [0.25, 0.3) is 0 Å². The van der Waals surface area contributed by atoms with Crippen LogP contribution in [0.1, 0.15) is 36.5 Å². The van der Waals surface area contributed by atoms with E-state index in [1.807, 2.05) is 0 Å². The molecule has 0 unspecified atom stereocenters. The van der Waals surface area contributed by atoms with Gasteiger partial charge in [-0.25, -0.2) is 0 Å². The van der Waals surface area contributed by atoms with E-state index in [1.54, 1.807) is 11.0 Å². The normalized spacial score (nSPS) is 18.6. The van der Waals surface area contributed by atoms with Crippen molar-refractivity contribution in [3.05, 3.63) is 24.2 Å². The number of carboxylic acid groups (broad SMARTS) is 1. The molecule has 22 heavy (non-hydrogen) atoms. The van der Waals surface area contributed by atoms with Gasteiger partial charge in [0.1, 0.15) is 12.8 Å². The molecule has 7 nitrogen and oxygen atoms in total. The third-order valence-corrected chi connectivity index (χ3v) is 3.90. The van der Waals surface area contributed by atoms with Gasteiger partial charge in [-0.1, -0.05) is 0 Å². The van der Waals surface area contributed by atoms with Gasteiger partial charge in [-0.2, -0.15) is 0 Å². The molecule has 7 heteroatoms. The minimum atomic E-state index is -1.02. The molecule has 0 aliphatic carbocycles. The standard InChI is InChI=1S/C15H20N2O5/c1-11(18)17(9-14(19)20)13-3-2-6-16(7-4-13)15(21)12-5-8-22-10-12/h5,8,10,13H,2-4,6-7,9H2,1H3,(H,19,20)/t13-/m1/s1. The van der Waals surface area contributed by atoms with E-state index in [0.717, 1.165) is 6.42 Å². The molecular formula is C15H20N2O5. The molecule has 2 heterocycles. The van der Waals surface area contributed by atoms with E-state index in [-0.39, 0.29) is 24.4 Å². The molecule has 1 fully saturated rings. The van der Waals surface area contributed by atoms with Gasteiger partial charge in [0, 0.05) is 26.1 Å². The summed E-state index contributed by atoms with van der Waals surface area (Å²) in [7, 11) is 0. The second kappa shape index (κ2) is 7.11. The molecule has 0 bridgehead atoms. The van der Waals surface area contributed by atoms with E-state index in [2.05, 4.69) is 0 Å². The zero-order valence-electron chi connectivity index (χ0n) is 12.5. The Balaban J connectivity index is 2.01. The predicted molar refractivity (Wildman–Crippen MR) is 77.3 cm³/mol. The lowest BCUT2D eigenvalue weighted by Crippen LogP contribution is -2.43. The van der Waals surface area contributed by atoms with Crippen LogP contribution in [0.3, 0.4) is 0 Å². The Morgan fingerprint density at radius 2 is 2.14 bits per heavy atom. The monoisotopic (exact) mass is 308 g/mol. The van der Waals surface area contributed by atoms with Gasteiger partial charge in [0.15, 0.2) is 0 Å². The van der Waals surface area contributed by atoms with E-state index in [1.165, 1.54) is 24.3 Å². The van der Waals surface area contributed by atoms with Gasteiger partial charge >= 0.3 is 5.97 Å². The molecule has 1 saturated heterocycles. The maximum atomic E-state index is 12.3. The molecule has 1 aliphatic rings. The highest BCUT2D eigenvalue weighted by Gasteiger charge is 2.28. The smallest absolute Gasteiger partial charge is 0.323 e. The largest absolute Gasteiger partial charge is 0.480 e. The van der Waals surface area contributed by atoms with E-state index < -0.39 is 5.97 Å². The number of hydrogen-bond acceptors (Lipinski definition) is 4. The molecule has 1 aromatic rings. The molecule has 1 atom stereocenters. The number of likely N-dealkylation sites (tertiary alicyclic amines) is 1. The maximum Gasteiger partial charge on any atom is 0.323 e. The van der Waals surface area contributed by atoms with Crippen molar-refractivity contribution in [3.63, 3.8) is 0 Å². The summed E-state index contributed by atoms with van der Waals surface area (Å²) in [5, 5.41) is 8.93. The number of hydrogen-bond donors (Lipinski definition) is 1. The third-order valence-electron chi connectivity index (χ3n) is 3.90. The molecule has 1 aromatic heterocycles. The summed E-state index contributed by atoms with van der Waals surface area (Å²) in [6, 6.07) is 1.48. The summed E-state index contributed by atoms with van der Waals surface area (Å²) in [6.45, 7) is 2.18. The molecule has 120 valence electrons. The van der Waals surface area contributed by atoms with Crippen molar-refractivity contribution in [2.24, 2.45) is 0 Å². The molecule has 0 radical (unpaired) electrons. The number of nitrogens with zero attached hydrogens (tertiary/aromatic N) is 2. The van der Waals surface area contributed by atoms with Crippen molar-refractivity contribution in [2.75, 3.05) is 19.6 Å². The Bertz CT molecular complexity index is 540. The van der Waals surface area contributed by atoms with Gasteiger partial charge in [-0.05, 0) is 25.3 Å². The zero-order chi connectivity index (χ0) is 16.1. The fourth-order valence-corrected chi connectivity index (χ4v) is 2.81. The van der Waals surface area contributed by atoms with Crippen molar-refractivity contribution in [1.29, 1.82) is 0 Å². The van der Waals surface area contributed by atoms with Crippen LogP contribution in [0.5, 0.6) is 0 Å². The fraction of sp³-hybridized carbons (Fsp3) is 0.533. The number of furan rings is 1. The molecular weight excluding hydrogens is 288 g/mol. The van der Waals surface area contributed by atoms with Gasteiger partial charge in [0.2, 0.25) is 5.91 Å². The van der Waals surface area contributed by atoms with Crippen LogP contribution in [-0.4, -0.2) is 58.4 Å². The van der Waals surface area contributed by atoms with Crippen molar-refractivity contribution in [3.8, 4) is 0 Å². The SMILES string of the molecule is CC(=O)N(CC(=O)O)[C@@H]1CCCN(C(=O)c2ccoc2)CC1. The summed E-state index contributed by atoms with van der Waals surface area (Å²) >= 11 is 0. The van der Waals surface area contributed by atoms with Crippen molar-refractivity contribution < 1.29 is 23.9 Å². The maximum absolute atomic E-state index is 12.3. The average molecular weight is 308 g/mol. The number of carbonyl (C=O) groups is 3. The van der Waals surface area contributed by atoms with E-state index in [0.29, 0.717) is 31.5 Å². The number of carbonyl (C=O) groups excluding carboxylic acids is 2. The lowest BCUT2D eigenvalue weighted by atomic mass is 10.1. The van der Waals surface area contributed by atoms with Crippen LogP contribution in [0.4, 0.5) is 0 Å². The first-order valence-electron chi connectivity index (χ1n) is 7.29. The van der Waals surface area contributed by atoms with Crippen LogP contribution < -0.4 is 0 Å². The average Bonchev–Trinajstić information content (AvgIpc) is 2.89. The second-order valence-electron chi connectivity index (χ2n) is 5.43. The van der Waals surface area contributed by atoms with Crippen LogP contribution in [-0.2, 0) is 9.59 Å². The summed E-state index contributed by atoms with van der Waals surface area (Å²) in [6.07, 6.45) is 4.88. The van der Waals surface area contributed by atoms with E-state index in [9.17, 15) is 14.4 Å². The van der Waals surface area contributed by atoms with E-state index >= 15 is 0 Å². The molecule has 0 aromatic carbocycles. The highest BCUT2D eigenvalue weighted by molar-refractivity contribution is 5.93. The lowest BCUT2D eigenvalue weighted by Gasteiger charge is -2.28. The second-order valence-corrected chi connectivity index (χ2v) is 5.43. The van der Waals surface area contributed by atoms with Gasteiger partial charge in [-0.3, -0.25) is 14.4 Å². The molecule has 0 spiro atoms. The molecule has 0 saturated carbocycles. The summed E-state index contributed by atoms with van der Waals surface area (Å²) < 4.78 is 4.93. The first-order valence-corrected chi connectivity index (χ1v) is 7.29. The van der Waals surface area contributed by atoms with Crippen LogP contribution in [0, 0.1) is 0 Å². The van der Waals surface area contributed by atoms with E-state index in [4.69, 9.17) is 9.52 Å². The highest BCUT2D eigenvalue weighted by Crippen LogP contribution is 2.19. The fourth-order valence-electron chi connectivity index (χ4n) is 2.81. The number of aliphatic carboxylic acids is 1. The van der Waals surface area contributed by atoms with Gasteiger partial charge < -0.3 is 19.3 Å². The van der Waals surface area contributed by atoms with Crippen LogP contribution in [0.2, 0.25) is 0 Å². The predicted octanol–water partition coefficient (Wildman–Crippen LogP) is 1.21. The third kappa shape index (κ3) is 3.87. The Kier molecular flexibility index (Phi) is 5.19. The molecule has 2 amide bonds. The zero-order valence-corrected chi connectivity index (χ0v) is 12.5. The van der Waals surface area contributed by atoms with Crippen molar-refractivity contribution in [2.45, 2.75) is 32.2 Å². The van der Waals surface area contributed by atoms with Crippen molar-refractivity contribution in [1.82, 2.24) is 9.80 Å². The highest BCUT2D eigenvalue weighted by atomic mass is 16.4. The summed E-state index contributed by atoms with van der Waals surface area (Å²) in [5.41, 5.74) is 0.507. The Morgan fingerprint density at radius 1 is 1.36 bits per heavy atom. The summed E-state index contributed by atoms with van der Waals surface area (Å²) in [5.74, 6) is -1.37.